The number of aromatic amines is 1. The summed E-state index contributed by atoms with van der Waals surface area (Å²) in [5.74, 6) is 0.455. The zero-order valence-electron chi connectivity index (χ0n) is 16.8. The number of benzene rings is 1. The van der Waals surface area contributed by atoms with E-state index in [-0.39, 0.29) is 5.78 Å². The molecule has 0 bridgehead atoms. The molecule has 3 heterocycles. The number of carbonyl (C=O) groups excluding carboxylic acids is 1. The van der Waals surface area contributed by atoms with Crippen LogP contribution in [0, 0.1) is 6.92 Å². The molecule has 0 saturated carbocycles. The third-order valence-electron chi connectivity index (χ3n) is 4.96. The number of carbonyl (C=O) groups is 1. The quantitative estimate of drug-likeness (QED) is 0.428. The van der Waals surface area contributed by atoms with Crippen molar-refractivity contribution in [2.24, 2.45) is 0 Å². The summed E-state index contributed by atoms with van der Waals surface area (Å²) in [6.07, 6.45) is 7.77. The summed E-state index contributed by atoms with van der Waals surface area (Å²) in [6, 6.07) is 11.2. The normalized spacial score (nSPS) is 12.1. The molecule has 0 radical (unpaired) electrons. The van der Waals surface area contributed by atoms with E-state index in [9.17, 15) is 9.00 Å². The first-order chi connectivity index (χ1) is 14.6. The third kappa shape index (κ3) is 3.89. The Bertz CT molecular complexity index is 1230. The average molecular weight is 419 g/mol. The molecule has 7 heteroatoms. The number of ketones is 1. The lowest BCUT2D eigenvalue weighted by Crippen LogP contribution is -2.11. The molecule has 30 heavy (non-hydrogen) atoms. The Morgan fingerprint density at radius 2 is 2.00 bits per heavy atom. The van der Waals surface area contributed by atoms with E-state index in [1.807, 2.05) is 38.1 Å². The van der Waals surface area contributed by atoms with Crippen LogP contribution in [0.15, 0.2) is 61.2 Å². The van der Waals surface area contributed by atoms with Gasteiger partial charge in [0.1, 0.15) is 16.6 Å². The molecule has 0 aliphatic heterocycles. The Kier molecular flexibility index (Phi) is 5.72. The maximum absolute atomic E-state index is 13.4. The molecule has 3 aromatic heterocycles. The van der Waals surface area contributed by atoms with Crippen LogP contribution >= 0.6 is 0 Å². The van der Waals surface area contributed by atoms with Crippen LogP contribution in [-0.4, -0.2) is 30.7 Å². The van der Waals surface area contributed by atoms with Gasteiger partial charge in [0, 0.05) is 63.9 Å². The van der Waals surface area contributed by atoms with Crippen molar-refractivity contribution in [3.05, 3.63) is 77.9 Å². The second-order valence-corrected chi connectivity index (χ2v) is 8.33. The third-order valence-corrected chi connectivity index (χ3v) is 6.19. The van der Waals surface area contributed by atoms with Crippen LogP contribution in [0.2, 0.25) is 0 Å². The summed E-state index contributed by atoms with van der Waals surface area (Å²) >= 11 is 0. The molecule has 4 rings (SSSR count). The van der Waals surface area contributed by atoms with E-state index < -0.39 is 11.0 Å². The number of pyridine rings is 2. The fourth-order valence-corrected chi connectivity index (χ4v) is 4.32. The van der Waals surface area contributed by atoms with Crippen molar-refractivity contribution in [2.75, 3.05) is 10.5 Å². The number of nitrogens with zero attached hydrogens (tertiary/aromatic N) is 2. The van der Waals surface area contributed by atoms with Gasteiger partial charge in [-0.05, 0) is 37.1 Å². The highest BCUT2D eigenvalue weighted by Gasteiger charge is 2.19. The first-order valence-electron chi connectivity index (χ1n) is 9.75. The van der Waals surface area contributed by atoms with Crippen molar-refractivity contribution < 1.29 is 9.00 Å². The number of anilines is 1. The van der Waals surface area contributed by atoms with Crippen molar-refractivity contribution in [1.29, 1.82) is 0 Å². The van der Waals surface area contributed by atoms with E-state index in [2.05, 4.69) is 19.7 Å². The van der Waals surface area contributed by atoms with E-state index in [4.69, 9.17) is 0 Å². The highest BCUT2D eigenvalue weighted by Crippen LogP contribution is 2.28. The number of nitrogens with one attached hydrogen (secondary N) is 2. The van der Waals surface area contributed by atoms with Crippen LogP contribution in [0.4, 0.5) is 5.69 Å². The van der Waals surface area contributed by atoms with Crippen molar-refractivity contribution >= 4 is 33.5 Å². The van der Waals surface area contributed by atoms with Crippen molar-refractivity contribution in [3.63, 3.8) is 0 Å². The zero-order valence-corrected chi connectivity index (χ0v) is 17.6. The highest BCUT2D eigenvalue weighted by molar-refractivity contribution is 7.86. The lowest BCUT2D eigenvalue weighted by molar-refractivity contribution is 0.104. The molecule has 0 fully saturated rings. The summed E-state index contributed by atoms with van der Waals surface area (Å²) in [7, 11) is -1.17. The molecule has 0 aliphatic rings. The molecule has 0 saturated heterocycles. The van der Waals surface area contributed by atoms with Crippen molar-refractivity contribution in [3.8, 4) is 11.1 Å². The Hall–Kier alpha value is -3.32. The fraction of sp³-hybridized carbons (Fsp3) is 0.174. The Balaban J connectivity index is 1.72. The van der Waals surface area contributed by atoms with Gasteiger partial charge in [0.25, 0.3) is 0 Å². The van der Waals surface area contributed by atoms with E-state index in [0.717, 1.165) is 28.5 Å². The van der Waals surface area contributed by atoms with E-state index >= 15 is 0 Å². The Morgan fingerprint density at radius 3 is 2.77 bits per heavy atom. The first-order valence-corrected chi connectivity index (χ1v) is 11.1. The molecule has 0 aliphatic carbocycles. The number of H-pyrrole nitrogens is 1. The van der Waals surface area contributed by atoms with Gasteiger partial charge in [-0.25, -0.2) is 9.19 Å². The van der Waals surface area contributed by atoms with Gasteiger partial charge < -0.3 is 9.71 Å². The van der Waals surface area contributed by atoms with Crippen molar-refractivity contribution in [1.82, 2.24) is 15.0 Å². The fourth-order valence-electron chi connectivity index (χ4n) is 3.38. The molecular formula is C23H22N4O2S. The lowest BCUT2D eigenvalue weighted by atomic mass is 9.97. The van der Waals surface area contributed by atoms with Crippen LogP contribution in [0.5, 0.6) is 0 Å². The predicted molar refractivity (Wildman–Crippen MR) is 121 cm³/mol. The minimum absolute atomic E-state index is 0.103. The van der Waals surface area contributed by atoms with Crippen LogP contribution < -0.4 is 4.72 Å². The zero-order chi connectivity index (χ0) is 21.1. The van der Waals surface area contributed by atoms with Crippen LogP contribution in [0.25, 0.3) is 22.2 Å². The van der Waals surface area contributed by atoms with Gasteiger partial charge in [-0.15, -0.1) is 0 Å². The molecule has 1 unspecified atom stereocenters. The maximum atomic E-state index is 13.4. The van der Waals surface area contributed by atoms with E-state index in [1.165, 1.54) is 0 Å². The average Bonchev–Trinajstić information content (AvgIpc) is 3.19. The second kappa shape index (κ2) is 8.59. The van der Waals surface area contributed by atoms with Gasteiger partial charge in [0.15, 0.2) is 5.78 Å². The largest absolute Gasteiger partial charge is 0.345 e. The standard InChI is InChI=1S/C23H22N4O2S/c1-3-10-30(29)27-21-8-4-7-18(15(21)2)22(28)20-14-26-23-19(20)11-17(13-25-23)16-6-5-9-24-12-16/h4-9,11-14,27H,3,10H2,1-2H3,(H,25,26). The number of aromatic nitrogens is 3. The Labute approximate surface area is 177 Å². The molecule has 0 spiro atoms. The summed E-state index contributed by atoms with van der Waals surface area (Å²) in [4.78, 5) is 25.1. The molecule has 0 amide bonds. The molecule has 4 aromatic rings. The first kappa shape index (κ1) is 20.0. The van der Waals surface area contributed by atoms with Crippen LogP contribution in [-0.2, 0) is 11.0 Å². The van der Waals surface area contributed by atoms with Gasteiger partial charge >= 0.3 is 0 Å². The monoisotopic (exact) mass is 418 g/mol. The number of fused-ring (bicyclic) bond motifs is 1. The minimum atomic E-state index is -1.17. The van der Waals surface area contributed by atoms with Gasteiger partial charge in [-0.3, -0.25) is 9.78 Å². The number of hydrogen-bond acceptors (Lipinski definition) is 4. The molecule has 6 nitrogen and oxygen atoms in total. The van der Waals surface area contributed by atoms with Crippen LogP contribution in [0.3, 0.4) is 0 Å². The number of hydrogen-bond donors (Lipinski definition) is 2. The van der Waals surface area contributed by atoms with Gasteiger partial charge in [-0.2, -0.15) is 0 Å². The summed E-state index contributed by atoms with van der Waals surface area (Å²) < 4.78 is 15.1. The smallest absolute Gasteiger partial charge is 0.195 e. The van der Waals surface area contributed by atoms with E-state index in [0.29, 0.717) is 28.2 Å². The lowest BCUT2D eigenvalue weighted by Gasteiger charge is -2.12. The minimum Gasteiger partial charge on any atom is -0.345 e. The molecule has 1 atom stereocenters. The summed E-state index contributed by atoms with van der Waals surface area (Å²) in [5.41, 5.74) is 5.10. The number of rotatable bonds is 7. The molecule has 1 aromatic carbocycles. The van der Waals surface area contributed by atoms with E-state index in [1.54, 1.807) is 36.9 Å². The summed E-state index contributed by atoms with van der Waals surface area (Å²) in [6.45, 7) is 3.85. The highest BCUT2D eigenvalue weighted by atomic mass is 32.2. The van der Waals surface area contributed by atoms with Crippen LogP contribution in [0.1, 0.15) is 34.8 Å². The Morgan fingerprint density at radius 1 is 1.13 bits per heavy atom. The maximum Gasteiger partial charge on any atom is 0.195 e. The second-order valence-electron chi connectivity index (χ2n) is 7.02. The van der Waals surface area contributed by atoms with Crippen molar-refractivity contribution in [2.45, 2.75) is 20.3 Å². The predicted octanol–water partition coefficient (Wildman–Crippen LogP) is 4.65. The topological polar surface area (TPSA) is 87.7 Å². The molecule has 152 valence electrons. The van der Waals surface area contributed by atoms with Gasteiger partial charge in [-0.1, -0.05) is 25.1 Å². The summed E-state index contributed by atoms with van der Waals surface area (Å²) in [5, 5.41) is 0.758. The molecule has 2 N–H and O–H groups in total. The van der Waals surface area contributed by atoms with Gasteiger partial charge in [0.05, 0.1) is 0 Å². The SMILES string of the molecule is CCCS(=O)Nc1cccc(C(=O)c2c[nH]c3ncc(-c4cccnc4)cc23)c1C. The molecular weight excluding hydrogens is 396 g/mol. The van der Waals surface area contributed by atoms with Gasteiger partial charge in [0.2, 0.25) is 0 Å².